The molecule has 0 unspecified atom stereocenters. The van der Waals surface area contributed by atoms with Crippen molar-refractivity contribution in [3.05, 3.63) is 23.8 Å². The summed E-state index contributed by atoms with van der Waals surface area (Å²) in [7, 11) is 0. The Hall–Kier alpha value is -1.71. The van der Waals surface area contributed by atoms with Crippen molar-refractivity contribution in [1.82, 2.24) is 0 Å². The molecule has 0 radical (unpaired) electrons. The predicted molar refractivity (Wildman–Crippen MR) is 79.7 cm³/mol. The van der Waals surface area contributed by atoms with Crippen molar-refractivity contribution in [2.75, 3.05) is 24.2 Å². The maximum Gasteiger partial charge on any atom is 0.338 e. The van der Waals surface area contributed by atoms with E-state index in [1.165, 1.54) is 25.7 Å². The zero-order valence-electron chi connectivity index (χ0n) is 11.9. The van der Waals surface area contributed by atoms with E-state index in [2.05, 4.69) is 5.32 Å². The van der Waals surface area contributed by atoms with E-state index in [9.17, 15) is 4.79 Å². The first-order chi connectivity index (χ1) is 9.64. The van der Waals surface area contributed by atoms with Crippen LogP contribution in [0.15, 0.2) is 18.2 Å². The molecule has 0 aliphatic heterocycles. The molecule has 2 aliphatic rings. The van der Waals surface area contributed by atoms with Crippen molar-refractivity contribution in [2.45, 2.75) is 32.6 Å². The Balaban J connectivity index is 1.63. The van der Waals surface area contributed by atoms with Crippen molar-refractivity contribution < 1.29 is 9.53 Å². The third kappa shape index (κ3) is 2.60. The van der Waals surface area contributed by atoms with Crippen LogP contribution in [0.1, 0.15) is 43.0 Å². The Labute approximate surface area is 119 Å². The zero-order valence-corrected chi connectivity index (χ0v) is 11.9. The van der Waals surface area contributed by atoms with Gasteiger partial charge in [-0.1, -0.05) is 0 Å². The number of carbonyl (C=O) groups excluding carboxylic acids is 1. The van der Waals surface area contributed by atoms with Gasteiger partial charge in [-0.3, -0.25) is 0 Å². The van der Waals surface area contributed by atoms with Gasteiger partial charge in [-0.2, -0.15) is 0 Å². The summed E-state index contributed by atoms with van der Waals surface area (Å²) in [6.45, 7) is 3.17. The fourth-order valence-electron chi connectivity index (χ4n) is 2.92. The highest BCUT2D eigenvalue weighted by Crippen LogP contribution is 2.61. The molecule has 20 heavy (non-hydrogen) atoms. The molecule has 1 aromatic carbocycles. The summed E-state index contributed by atoms with van der Waals surface area (Å²) < 4.78 is 4.97. The minimum absolute atomic E-state index is 0.317. The minimum atomic E-state index is -0.317. The second-order valence-corrected chi connectivity index (χ2v) is 6.01. The van der Waals surface area contributed by atoms with Crippen molar-refractivity contribution in [3.8, 4) is 0 Å². The molecule has 0 amide bonds. The van der Waals surface area contributed by atoms with Gasteiger partial charge in [-0.25, -0.2) is 4.79 Å². The molecule has 4 nitrogen and oxygen atoms in total. The molecule has 3 rings (SSSR count). The van der Waals surface area contributed by atoms with E-state index in [0.717, 1.165) is 18.2 Å². The molecular formula is C16H22N2O2. The summed E-state index contributed by atoms with van der Waals surface area (Å²) in [6.07, 6.45) is 5.45. The number of nitrogens with one attached hydrogen (secondary N) is 1. The molecule has 0 aromatic heterocycles. The average Bonchev–Trinajstić information content (AvgIpc) is 3.29. The smallest absolute Gasteiger partial charge is 0.338 e. The Morgan fingerprint density at radius 3 is 2.75 bits per heavy atom. The standard InChI is InChI=1S/C16H22N2O2/c1-2-20-15(19)11-3-6-14(13(17)9-11)18-10-16(7-8-16)12-4-5-12/h3,6,9,12,18H,2,4-5,7-8,10,17H2,1H3. The number of esters is 1. The monoisotopic (exact) mass is 274 g/mol. The van der Waals surface area contributed by atoms with Gasteiger partial charge in [-0.15, -0.1) is 0 Å². The first-order valence-corrected chi connectivity index (χ1v) is 7.45. The molecule has 2 fully saturated rings. The number of nitrogen functional groups attached to an aromatic ring is 1. The molecule has 4 heteroatoms. The lowest BCUT2D eigenvalue weighted by molar-refractivity contribution is 0.0526. The quantitative estimate of drug-likeness (QED) is 0.618. The molecule has 0 atom stereocenters. The van der Waals surface area contributed by atoms with Gasteiger partial charge in [0.2, 0.25) is 0 Å². The number of ether oxygens (including phenoxy) is 1. The average molecular weight is 274 g/mol. The summed E-state index contributed by atoms with van der Waals surface area (Å²) in [5.74, 6) is 0.609. The van der Waals surface area contributed by atoms with Gasteiger partial charge in [-0.05, 0) is 62.1 Å². The number of nitrogens with two attached hydrogens (primary N) is 1. The van der Waals surface area contributed by atoms with E-state index in [4.69, 9.17) is 10.5 Å². The summed E-state index contributed by atoms with van der Waals surface area (Å²) in [4.78, 5) is 11.6. The Kier molecular flexibility index (Phi) is 3.32. The highest BCUT2D eigenvalue weighted by atomic mass is 16.5. The first kappa shape index (κ1) is 13.3. The van der Waals surface area contributed by atoms with Crippen LogP contribution in [0.2, 0.25) is 0 Å². The second kappa shape index (κ2) is 5.00. The molecule has 0 bridgehead atoms. The highest BCUT2D eigenvalue weighted by Gasteiger charge is 2.53. The fraction of sp³-hybridized carbons (Fsp3) is 0.562. The van der Waals surface area contributed by atoms with Crippen molar-refractivity contribution in [1.29, 1.82) is 0 Å². The normalized spacial score (nSPS) is 19.4. The molecule has 108 valence electrons. The SMILES string of the molecule is CCOC(=O)c1ccc(NCC2(C3CC3)CC2)c(N)c1. The molecule has 0 heterocycles. The summed E-state index contributed by atoms with van der Waals surface area (Å²) in [6, 6.07) is 5.34. The van der Waals surface area contributed by atoms with Crippen LogP contribution in [0, 0.1) is 11.3 Å². The maximum atomic E-state index is 11.6. The van der Waals surface area contributed by atoms with E-state index in [1.54, 1.807) is 19.1 Å². The van der Waals surface area contributed by atoms with Crippen LogP contribution in [-0.2, 0) is 4.74 Å². The Morgan fingerprint density at radius 2 is 2.20 bits per heavy atom. The predicted octanol–water partition coefficient (Wildman–Crippen LogP) is 3.05. The van der Waals surface area contributed by atoms with Crippen LogP contribution in [0.5, 0.6) is 0 Å². The Bertz CT molecular complexity index is 519. The van der Waals surface area contributed by atoms with Crippen LogP contribution in [-0.4, -0.2) is 19.1 Å². The lowest BCUT2D eigenvalue weighted by Crippen LogP contribution is -2.18. The molecule has 2 saturated carbocycles. The van der Waals surface area contributed by atoms with Crippen molar-refractivity contribution in [2.24, 2.45) is 11.3 Å². The molecule has 1 aromatic rings. The zero-order chi connectivity index (χ0) is 14.2. The number of anilines is 2. The summed E-state index contributed by atoms with van der Waals surface area (Å²) in [5.41, 5.74) is 8.61. The van der Waals surface area contributed by atoms with E-state index < -0.39 is 0 Å². The maximum absolute atomic E-state index is 11.6. The Morgan fingerprint density at radius 1 is 1.45 bits per heavy atom. The fourth-order valence-corrected chi connectivity index (χ4v) is 2.92. The summed E-state index contributed by atoms with van der Waals surface area (Å²) in [5, 5.41) is 3.46. The van der Waals surface area contributed by atoms with Crippen molar-refractivity contribution >= 4 is 17.3 Å². The molecular weight excluding hydrogens is 252 g/mol. The molecule has 0 saturated heterocycles. The largest absolute Gasteiger partial charge is 0.462 e. The van der Waals surface area contributed by atoms with Crippen LogP contribution in [0.3, 0.4) is 0 Å². The van der Waals surface area contributed by atoms with Crippen LogP contribution < -0.4 is 11.1 Å². The third-order valence-electron chi connectivity index (χ3n) is 4.53. The topological polar surface area (TPSA) is 64.3 Å². The van der Waals surface area contributed by atoms with E-state index >= 15 is 0 Å². The van der Waals surface area contributed by atoms with Gasteiger partial charge >= 0.3 is 5.97 Å². The summed E-state index contributed by atoms with van der Waals surface area (Å²) >= 11 is 0. The third-order valence-corrected chi connectivity index (χ3v) is 4.53. The number of benzene rings is 1. The van der Waals surface area contributed by atoms with E-state index in [1.807, 2.05) is 6.07 Å². The van der Waals surface area contributed by atoms with Gasteiger partial charge < -0.3 is 15.8 Å². The lowest BCUT2D eigenvalue weighted by atomic mass is 10.0. The lowest BCUT2D eigenvalue weighted by Gasteiger charge is -2.17. The van der Waals surface area contributed by atoms with Crippen LogP contribution in [0.4, 0.5) is 11.4 Å². The van der Waals surface area contributed by atoms with Gasteiger partial charge in [0.05, 0.1) is 23.5 Å². The molecule has 0 spiro atoms. The van der Waals surface area contributed by atoms with Gasteiger partial charge in [0.15, 0.2) is 0 Å². The number of rotatable bonds is 6. The number of hydrogen-bond acceptors (Lipinski definition) is 4. The number of hydrogen-bond donors (Lipinski definition) is 2. The first-order valence-electron chi connectivity index (χ1n) is 7.45. The second-order valence-electron chi connectivity index (χ2n) is 6.01. The minimum Gasteiger partial charge on any atom is -0.462 e. The highest BCUT2D eigenvalue weighted by molar-refractivity contribution is 5.91. The van der Waals surface area contributed by atoms with Crippen molar-refractivity contribution in [3.63, 3.8) is 0 Å². The van der Waals surface area contributed by atoms with E-state index in [-0.39, 0.29) is 5.97 Å². The molecule has 3 N–H and O–H groups in total. The van der Waals surface area contributed by atoms with Gasteiger partial charge in [0.25, 0.3) is 0 Å². The van der Waals surface area contributed by atoms with Crippen LogP contribution in [0.25, 0.3) is 0 Å². The van der Waals surface area contributed by atoms with Gasteiger partial charge in [0.1, 0.15) is 0 Å². The van der Waals surface area contributed by atoms with Gasteiger partial charge in [0, 0.05) is 6.54 Å². The van der Waals surface area contributed by atoms with E-state index in [0.29, 0.717) is 23.3 Å². The van der Waals surface area contributed by atoms with Crippen LogP contribution >= 0.6 is 0 Å². The molecule has 2 aliphatic carbocycles. The number of carbonyl (C=O) groups is 1.